The molecule has 1 aromatic carbocycles. The summed E-state index contributed by atoms with van der Waals surface area (Å²) in [6, 6.07) is 11.4. The van der Waals surface area contributed by atoms with Gasteiger partial charge in [0.15, 0.2) is 0 Å². The van der Waals surface area contributed by atoms with Gasteiger partial charge in [0, 0.05) is 31.2 Å². The molecule has 0 bridgehead atoms. The molecule has 0 spiro atoms. The number of aromatic nitrogens is 1. The fourth-order valence-electron chi connectivity index (χ4n) is 2.83. The van der Waals surface area contributed by atoms with Gasteiger partial charge in [-0.05, 0) is 29.5 Å². The van der Waals surface area contributed by atoms with Gasteiger partial charge >= 0.3 is 0 Å². The van der Waals surface area contributed by atoms with E-state index in [0.29, 0.717) is 18.0 Å². The Morgan fingerprint density at radius 1 is 1.21 bits per heavy atom. The molecule has 0 saturated carbocycles. The fraction of sp³-hybridized carbons (Fsp3) is 0.278. The van der Waals surface area contributed by atoms with E-state index >= 15 is 0 Å². The summed E-state index contributed by atoms with van der Waals surface area (Å²) in [4.78, 5) is 32.9. The van der Waals surface area contributed by atoms with Crippen LogP contribution in [0.2, 0.25) is 0 Å². The van der Waals surface area contributed by atoms with E-state index < -0.39 is 0 Å². The monoisotopic (exact) mass is 341 g/mol. The number of amides is 2. The van der Waals surface area contributed by atoms with Crippen LogP contribution >= 0.6 is 11.8 Å². The lowest BCUT2D eigenvalue weighted by atomic mass is 10.1. The standard InChI is InChI=1S/C18H19N3O2S/c1-20-15-8-4-3-6-13(15)10-21(11-16(20)22)18(23)17-14(12-24-2)7-5-9-19-17/h3-9H,10-12H2,1-2H3. The Bertz CT molecular complexity index is 778. The highest BCUT2D eigenvalue weighted by atomic mass is 32.2. The van der Waals surface area contributed by atoms with E-state index in [2.05, 4.69) is 4.98 Å². The zero-order chi connectivity index (χ0) is 17.1. The molecule has 24 heavy (non-hydrogen) atoms. The van der Waals surface area contributed by atoms with Gasteiger partial charge in [-0.25, -0.2) is 0 Å². The van der Waals surface area contributed by atoms with E-state index in [1.807, 2.05) is 42.7 Å². The Labute approximate surface area is 145 Å². The van der Waals surface area contributed by atoms with Crippen molar-refractivity contribution in [2.45, 2.75) is 12.3 Å². The Kier molecular flexibility index (Phi) is 4.85. The predicted molar refractivity (Wildman–Crippen MR) is 96.0 cm³/mol. The number of fused-ring (bicyclic) bond motifs is 1. The molecule has 1 aliphatic heterocycles. The van der Waals surface area contributed by atoms with Gasteiger partial charge in [0.25, 0.3) is 5.91 Å². The van der Waals surface area contributed by atoms with Crippen LogP contribution in [0.5, 0.6) is 0 Å². The van der Waals surface area contributed by atoms with Crippen molar-refractivity contribution in [2.24, 2.45) is 0 Å². The molecule has 6 heteroatoms. The summed E-state index contributed by atoms with van der Waals surface area (Å²) in [5.74, 6) is 0.418. The third kappa shape index (κ3) is 3.14. The maximum absolute atomic E-state index is 13.0. The van der Waals surface area contributed by atoms with Crippen molar-refractivity contribution in [3.63, 3.8) is 0 Å². The Balaban J connectivity index is 1.95. The first-order valence-corrected chi connectivity index (χ1v) is 9.07. The normalized spacial score (nSPS) is 14.3. The number of carbonyl (C=O) groups is 2. The van der Waals surface area contributed by atoms with E-state index in [1.165, 1.54) is 0 Å². The maximum Gasteiger partial charge on any atom is 0.273 e. The second-order valence-corrected chi connectivity index (χ2v) is 6.55. The number of likely N-dealkylation sites (N-methyl/N-ethyl adjacent to an activating group) is 1. The van der Waals surface area contributed by atoms with Crippen molar-refractivity contribution in [3.05, 3.63) is 59.4 Å². The topological polar surface area (TPSA) is 53.5 Å². The van der Waals surface area contributed by atoms with Crippen molar-refractivity contribution in [2.75, 3.05) is 24.7 Å². The largest absolute Gasteiger partial charge is 0.324 e. The number of rotatable bonds is 3. The molecule has 0 aliphatic carbocycles. The average Bonchev–Trinajstić information content (AvgIpc) is 2.73. The molecule has 0 atom stereocenters. The quantitative estimate of drug-likeness (QED) is 0.861. The number of benzene rings is 1. The minimum Gasteiger partial charge on any atom is -0.324 e. The fourth-order valence-corrected chi connectivity index (χ4v) is 3.38. The zero-order valence-electron chi connectivity index (χ0n) is 13.7. The van der Waals surface area contributed by atoms with Crippen molar-refractivity contribution < 1.29 is 9.59 Å². The molecule has 1 aliphatic rings. The van der Waals surface area contributed by atoms with Crippen LogP contribution < -0.4 is 4.90 Å². The average molecular weight is 341 g/mol. The van der Waals surface area contributed by atoms with Crippen LogP contribution in [0, 0.1) is 0 Å². The number of thioether (sulfide) groups is 1. The zero-order valence-corrected chi connectivity index (χ0v) is 14.5. The van der Waals surface area contributed by atoms with Gasteiger partial charge in [0.1, 0.15) is 12.2 Å². The summed E-state index contributed by atoms with van der Waals surface area (Å²) in [7, 11) is 1.75. The molecule has 2 aromatic rings. The first-order valence-electron chi connectivity index (χ1n) is 7.68. The maximum atomic E-state index is 13.0. The second-order valence-electron chi connectivity index (χ2n) is 5.69. The Morgan fingerprint density at radius 2 is 2.00 bits per heavy atom. The molecule has 0 unspecified atom stereocenters. The Hall–Kier alpha value is -2.34. The minimum atomic E-state index is -0.196. The van der Waals surface area contributed by atoms with Crippen LogP contribution in [0.4, 0.5) is 5.69 Å². The van der Waals surface area contributed by atoms with E-state index in [4.69, 9.17) is 0 Å². The molecule has 3 rings (SSSR count). The van der Waals surface area contributed by atoms with Gasteiger partial charge in [-0.1, -0.05) is 24.3 Å². The number of pyridine rings is 1. The lowest BCUT2D eigenvalue weighted by Crippen LogP contribution is -2.39. The van der Waals surface area contributed by atoms with Crippen LogP contribution in [-0.2, 0) is 17.1 Å². The molecule has 0 saturated heterocycles. The third-order valence-corrected chi connectivity index (χ3v) is 4.69. The highest BCUT2D eigenvalue weighted by Gasteiger charge is 2.28. The summed E-state index contributed by atoms with van der Waals surface area (Å²) in [5.41, 5.74) is 3.14. The third-order valence-electron chi connectivity index (χ3n) is 4.10. The number of carbonyl (C=O) groups excluding carboxylic acids is 2. The number of nitrogens with zero attached hydrogens (tertiary/aromatic N) is 3. The molecule has 0 radical (unpaired) electrons. The van der Waals surface area contributed by atoms with E-state index in [0.717, 1.165) is 16.8 Å². The first-order chi connectivity index (χ1) is 11.6. The second kappa shape index (κ2) is 7.05. The number of anilines is 1. The van der Waals surface area contributed by atoms with Crippen LogP contribution in [0.1, 0.15) is 21.6 Å². The summed E-state index contributed by atoms with van der Waals surface area (Å²) in [6.45, 7) is 0.458. The highest BCUT2D eigenvalue weighted by Crippen LogP contribution is 2.25. The molecule has 0 N–H and O–H groups in total. The van der Waals surface area contributed by atoms with E-state index in [9.17, 15) is 9.59 Å². The molecular formula is C18H19N3O2S. The van der Waals surface area contributed by atoms with Crippen LogP contribution in [0.15, 0.2) is 42.6 Å². The predicted octanol–water partition coefficient (Wildman–Crippen LogP) is 2.56. The lowest BCUT2D eigenvalue weighted by molar-refractivity contribution is -0.118. The molecule has 0 fully saturated rings. The van der Waals surface area contributed by atoms with Crippen LogP contribution in [-0.4, -0.2) is 41.5 Å². The lowest BCUT2D eigenvalue weighted by Gasteiger charge is -2.20. The van der Waals surface area contributed by atoms with Crippen molar-refractivity contribution in [1.29, 1.82) is 0 Å². The number of hydrogen-bond donors (Lipinski definition) is 0. The number of hydrogen-bond acceptors (Lipinski definition) is 4. The highest BCUT2D eigenvalue weighted by molar-refractivity contribution is 7.97. The van der Waals surface area contributed by atoms with Crippen molar-refractivity contribution >= 4 is 29.3 Å². The molecule has 5 nitrogen and oxygen atoms in total. The molecular weight excluding hydrogens is 322 g/mol. The van der Waals surface area contributed by atoms with Crippen LogP contribution in [0.25, 0.3) is 0 Å². The van der Waals surface area contributed by atoms with E-state index in [-0.39, 0.29) is 18.4 Å². The molecule has 2 amide bonds. The summed E-state index contributed by atoms with van der Waals surface area (Å²) in [5, 5.41) is 0. The summed E-state index contributed by atoms with van der Waals surface area (Å²) < 4.78 is 0. The van der Waals surface area contributed by atoms with Crippen molar-refractivity contribution in [3.8, 4) is 0 Å². The van der Waals surface area contributed by atoms with E-state index in [1.54, 1.807) is 34.8 Å². The van der Waals surface area contributed by atoms with Gasteiger partial charge in [-0.2, -0.15) is 11.8 Å². The minimum absolute atomic E-state index is 0.0549. The van der Waals surface area contributed by atoms with Gasteiger partial charge in [-0.15, -0.1) is 0 Å². The summed E-state index contributed by atoms with van der Waals surface area (Å²) >= 11 is 1.64. The molecule has 2 heterocycles. The van der Waals surface area contributed by atoms with Crippen LogP contribution in [0.3, 0.4) is 0 Å². The Morgan fingerprint density at radius 3 is 2.79 bits per heavy atom. The first kappa shape index (κ1) is 16.5. The van der Waals surface area contributed by atoms with Gasteiger partial charge < -0.3 is 9.80 Å². The molecule has 1 aromatic heterocycles. The van der Waals surface area contributed by atoms with Gasteiger partial charge in [0.05, 0.1) is 0 Å². The number of para-hydroxylation sites is 1. The SMILES string of the molecule is CSCc1cccnc1C(=O)N1CC(=O)N(C)c2ccccc2C1. The van der Waals surface area contributed by atoms with Gasteiger partial charge in [-0.3, -0.25) is 14.6 Å². The summed E-state index contributed by atoms with van der Waals surface area (Å²) in [6.07, 6.45) is 3.61. The van der Waals surface area contributed by atoms with Crippen molar-refractivity contribution in [1.82, 2.24) is 9.88 Å². The molecule has 124 valence electrons. The smallest absolute Gasteiger partial charge is 0.273 e. The van der Waals surface area contributed by atoms with Gasteiger partial charge in [0.2, 0.25) is 5.91 Å².